The standard InChI is InChI=1S/C15H19FN2O4/c1-22-6-5-18-9-10(7-13(18)19)8-17-15(21)11-3-2-4-12(16)14(11)20/h2-4,10,20H,5-9H2,1H3,(H,17,21)/t10-/m1/s1. The fraction of sp³-hybridized carbons (Fsp3) is 0.467. The predicted molar refractivity (Wildman–Crippen MR) is 77.0 cm³/mol. The van der Waals surface area contributed by atoms with Crippen LogP contribution in [0.4, 0.5) is 4.39 Å². The second-order valence-electron chi connectivity index (χ2n) is 5.25. The summed E-state index contributed by atoms with van der Waals surface area (Å²) in [5.41, 5.74) is -0.111. The summed E-state index contributed by atoms with van der Waals surface area (Å²) in [5, 5.41) is 12.2. The van der Waals surface area contributed by atoms with Crippen LogP contribution in [0, 0.1) is 11.7 Å². The van der Waals surface area contributed by atoms with Gasteiger partial charge >= 0.3 is 0 Å². The molecule has 1 aliphatic rings. The SMILES string of the molecule is COCCN1C[C@@H](CNC(=O)c2cccc(F)c2O)CC1=O. The van der Waals surface area contributed by atoms with Gasteiger partial charge in [0.2, 0.25) is 5.91 Å². The van der Waals surface area contributed by atoms with Crippen LogP contribution in [-0.4, -0.2) is 55.2 Å². The molecular formula is C15H19FN2O4. The number of nitrogens with one attached hydrogen (secondary N) is 1. The average molecular weight is 310 g/mol. The fourth-order valence-electron chi connectivity index (χ4n) is 2.44. The number of rotatable bonds is 6. The Morgan fingerprint density at radius 1 is 1.55 bits per heavy atom. The van der Waals surface area contributed by atoms with Crippen molar-refractivity contribution in [1.82, 2.24) is 10.2 Å². The van der Waals surface area contributed by atoms with E-state index in [1.54, 1.807) is 12.0 Å². The molecular weight excluding hydrogens is 291 g/mol. The Kier molecular flexibility index (Phi) is 5.32. The lowest BCUT2D eigenvalue weighted by molar-refractivity contribution is -0.128. The number of halogens is 1. The summed E-state index contributed by atoms with van der Waals surface area (Å²) in [6.45, 7) is 1.86. The van der Waals surface area contributed by atoms with Gasteiger partial charge in [0.15, 0.2) is 11.6 Å². The summed E-state index contributed by atoms with van der Waals surface area (Å²) < 4.78 is 18.1. The quantitative estimate of drug-likeness (QED) is 0.813. The molecule has 0 bridgehead atoms. The number of hydrogen-bond donors (Lipinski definition) is 2. The third-order valence-corrected chi connectivity index (χ3v) is 3.64. The zero-order valence-electron chi connectivity index (χ0n) is 12.3. The van der Waals surface area contributed by atoms with Crippen molar-refractivity contribution in [2.75, 3.05) is 33.4 Å². The molecule has 0 saturated carbocycles. The molecule has 120 valence electrons. The van der Waals surface area contributed by atoms with E-state index >= 15 is 0 Å². The summed E-state index contributed by atoms with van der Waals surface area (Å²) in [7, 11) is 1.57. The second-order valence-corrected chi connectivity index (χ2v) is 5.25. The topological polar surface area (TPSA) is 78.9 Å². The number of aromatic hydroxyl groups is 1. The number of phenols is 1. The van der Waals surface area contributed by atoms with Gasteiger partial charge in [-0.25, -0.2) is 4.39 Å². The molecule has 6 nitrogen and oxygen atoms in total. The van der Waals surface area contributed by atoms with E-state index in [2.05, 4.69) is 5.32 Å². The number of phenolic OH excluding ortho intramolecular Hbond substituents is 1. The molecule has 2 rings (SSSR count). The van der Waals surface area contributed by atoms with Gasteiger partial charge in [0, 0.05) is 39.1 Å². The Morgan fingerprint density at radius 2 is 2.32 bits per heavy atom. The van der Waals surface area contributed by atoms with Gasteiger partial charge in [-0.2, -0.15) is 0 Å². The summed E-state index contributed by atoms with van der Waals surface area (Å²) in [6.07, 6.45) is 0.360. The van der Waals surface area contributed by atoms with Crippen LogP contribution in [0.3, 0.4) is 0 Å². The second kappa shape index (κ2) is 7.22. The van der Waals surface area contributed by atoms with E-state index in [0.717, 1.165) is 6.07 Å². The molecule has 1 saturated heterocycles. The maximum absolute atomic E-state index is 13.2. The van der Waals surface area contributed by atoms with Gasteiger partial charge in [-0.3, -0.25) is 9.59 Å². The number of hydrogen-bond acceptors (Lipinski definition) is 4. The highest BCUT2D eigenvalue weighted by molar-refractivity contribution is 5.96. The van der Waals surface area contributed by atoms with Crippen LogP contribution in [0.15, 0.2) is 18.2 Å². The summed E-state index contributed by atoms with van der Waals surface area (Å²) in [4.78, 5) is 25.4. The number of methoxy groups -OCH3 is 1. The minimum absolute atomic E-state index is 0.00371. The van der Waals surface area contributed by atoms with E-state index in [4.69, 9.17) is 4.74 Å². The molecule has 0 spiro atoms. The van der Waals surface area contributed by atoms with Crippen molar-refractivity contribution in [1.29, 1.82) is 0 Å². The molecule has 7 heteroatoms. The van der Waals surface area contributed by atoms with E-state index in [0.29, 0.717) is 32.7 Å². The van der Waals surface area contributed by atoms with Crippen LogP contribution in [0.25, 0.3) is 0 Å². The third-order valence-electron chi connectivity index (χ3n) is 3.64. The first-order valence-electron chi connectivity index (χ1n) is 7.05. The van der Waals surface area contributed by atoms with Crippen molar-refractivity contribution in [3.63, 3.8) is 0 Å². The average Bonchev–Trinajstić information content (AvgIpc) is 2.85. The molecule has 0 radical (unpaired) electrons. The number of para-hydroxylation sites is 1. The van der Waals surface area contributed by atoms with Crippen molar-refractivity contribution in [3.05, 3.63) is 29.6 Å². The normalized spacial score (nSPS) is 17.8. The maximum Gasteiger partial charge on any atom is 0.255 e. The van der Waals surface area contributed by atoms with Crippen LogP contribution >= 0.6 is 0 Å². The highest BCUT2D eigenvalue weighted by Gasteiger charge is 2.29. The van der Waals surface area contributed by atoms with Crippen LogP contribution in [0.1, 0.15) is 16.8 Å². The minimum atomic E-state index is -0.838. The summed E-state index contributed by atoms with van der Waals surface area (Å²) in [6, 6.07) is 3.78. The minimum Gasteiger partial charge on any atom is -0.504 e. The molecule has 2 amide bonds. The van der Waals surface area contributed by atoms with Crippen LogP contribution in [-0.2, 0) is 9.53 Å². The van der Waals surface area contributed by atoms with Gasteiger partial charge in [-0.1, -0.05) is 6.07 Å². The first-order chi connectivity index (χ1) is 10.5. The first kappa shape index (κ1) is 16.2. The van der Waals surface area contributed by atoms with Crippen molar-refractivity contribution in [2.24, 2.45) is 5.92 Å². The van der Waals surface area contributed by atoms with Crippen molar-refractivity contribution in [3.8, 4) is 5.75 Å². The van der Waals surface area contributed by atoms with Gasteiger partial charge in [-0.05, 0) is 12.1 Å². The molecule has 0 aliphatic carbocycles. The van der Waals surface area contributed by atoms with Crippen molar-refractivity contribution < 1.29 is 23.8 Å². The van der Waals surface area contributed by atoms with Gasteiger partial charge in [-0.15, -0.1) is 0 Å². The van der Waals surface area contributed by atoms with E-state index in [9.17, 15) is 19.1 Å². The molecule has 22 heavy (non-hydrogen) atoms. The number of benzene rings is 1. The monoisotopic (exact) mass is 310 g/mol. The van der Waals surface area contributed by atoms with Gasteiger partial charge in [0.05, 0.1) is 12.2 Å². The van der Waals surface area contributed by atoms with Gasteiger partial charge < -0.3 is 20.1 Å². The molecule has 2 N–H and O–H groups in total. The summed E-state index contributed by atoms with van der Waals surface area (Å²) >= 11 is 0. The Labute approximate surface area is 127 Å². The highest BCUT2D eigenvalue weighted by atomic mass is 19.1. The maximum atomic E-state index is 13.2. The Balaban J connectivity index is 1.87. The molecule has 1 atom stereocenters. The molecule has 0 aromatic heterocycles. The molecule has 1 heterocycles. The molecule has 1 fully saturated rings. The van der Waals surface area contributed by atoms with E-state index in [1.165, 1.54) is 12.1 Å². The molecule has 1 aliphatic heterocycles. The zero-order valence-corrected chi connectivity index (χ0v) is 12.3. The lowest BCUT2D eigenvalue weighted by atomic mass is 10.1. The Morgan fingerprint density at radius 3 is 3.05 bits per heavy atom. The number of nitrogens with zero attached hydrogens (tertiary/aromatic N) is 1. The molecule has 0 unspecified atom stereocenters. The smallest absolute Gasteiger partial charge is 0.255 e. The van der Waals surface area contributed by atoms with Gasteiger partial charge in [0.25, 0.3) is 5.91 Å². The molecule has 1 aromatic rings. The number of amides is 2. The highest BCUT2D eigenvalue weighted by Crippen LogP contribution is 2.21. The van der Waals surface area contributed by atoms with E-state index in [1.807, 2.05) is 0 Å². The third kappa shape index (κ3) is 3.73. The van der Waals surface area contributed by atoms with Crippen LogP contribution in [0.2, 0.25) is 0 Å². The first-order valence-corrected chi connectivity index (χ1v) is 7.05. The molecule has 1 aromatic carbocycles. The van der Waals surface area contributed by atoms with Gasteiger partial charge in [0.1, 0.15) is 0 Å². The Bertz CT molecular complexity index is 564. The number of carbonyl (C=O) groups excluding carboxylic acids is 2. The van der Waals surface area contributed by atoms with Crippen LogP contribution in [0.5, 0.6) is 5.75 Å². The summed E-state index contributed by atoms with van der Waals surface area (Å²) in [5.74, 6) is -2.02. The van der Waals surface area contributed by atoms with Crippen LogP contribution < -0.4 is 5.32 Å². The predicted octanol–water partition coefficient (Wildman–Crippen LogP) is 0.756. The zero-order chi connectivity index (χ0) is 16.1. The largest absolute Gasteiger partial charge is 0.504 e. The number of carbonyl (C=O) groups is 2. The number of likely N-dealkylation sites (tertiary alicyclic amines) is 1. The van der Waals surface area contributed by atoms with E-state index in [-0.39, 0.29) is 17.4 Å². The number of ether oxygens (including phenoxy) is 1. The Hall–Kier alpha value is -2.15. The lowest BCUT2D eigenvalue weighted by Gasteiger charge is -2.16. The van der Waals surface area contributed by atoms with Crippen molar-refractivity contribution >= 4 is 11.8 Å². The van der Waals surface area contributed by atoms with Crippen molar-refractivity contribution in [2.45, 2.75) is 6.42 Å². The van der Waals surface area contributed by atoms with E-state index < -0.39 is 17.5 Å². The fourth-order valence-corrected chi connectivity index (χ4v) is 2.44. The lowest BCUT2D eigenvalue weighted by Crippen LogP contribution is -2.32.